The Morgan fingerprint density at radius 1 is 1.35 bits per heavy atom. The molecule has 104 valence electrons. The van der Waals surface area contributed by atoms with Gasteiger partial charge < -0.3 is 16.2 Å². The van der Waals surface area contributed by atoms with Crippen LogP contribution in [0.15, 0.2) is 30.3 Å². The average molecular weight is 295 g/mol. The molecule has 1 amide bonds. The van der Waals surface area contributed by atoms with E-state index in [9.17, 15) is 14.3 Å². The lowest BCUT2D eigenvalue weighted by Crippen LogP contribution is -2.13. The summed E-state index contributed by atoms with van der Waals surface area (Å²) in [5, 5.41) is 12.5. The van der Waals surface area contributed by atoms with Gasteiger partial charge in [-0.25, -0.2) is 4.39 Å². The van der Waals surface area contributed by atoms with Crippen LogP contribution in [0.3, 0.4) is 0 Å². The highest BCUT2D eigenvalue weighted by atomic mass is 35.5. The van der Waals surface area contributed by atoms with E-state index in [1.165, 1.54) is 12.1 Å². The van der Waals surface area contributed by atoms with Crippen LogP contribution in [-0.4, -0.2) is 11.0 Å². The first-order valence-corrected chi connectivity index (χ1v) is 6.12. The predicted octanol–water partition coefficient (Wildman–Crippen LogP) is 3.33. The molecule has 0 saturated carbocycles. The summed E-state index contributed by atoms with van der Waals surface area (Å²) in [6.45, 7) is 1.76. The fourth-order valence-corrected chi connectivity index (χ4v) is 1.89. The Hall–Kier alpha value is -2.27. The molecule has 0 spiro atoms. The van der Waals surface area contributed by atoms with Crippen LogP contribution in [0.25, 0.3) is 0 Å². The molecule has 0 fully saturated rings. The maximum absolute atomic E-state index is 12.9. The highest BCUT2D eigenvalue weighted by molar-refractivity contribution is 6.33. The van der Waals surface area contributed by atoms with Crippen molar-refractivity contribution in [3.63, 3.8) is 0 Å². The number of phenolic OH excluding ortho intramolecular Hbond substituents is 1. The van der Waals surface area contributed by atoms with Gasteiger partial charge in [0.25, 0.3) is 5.91 Å². The third-order valence-corrected chi connectivity index (χ3v) is 3.12. The highest BCUT2D eigenvalue weighted by Crippen LogP contribution is 2.28. The Morgan fingerprint density at radius 2 is 2.05 bits per heavy atom. The lowest BCUT2D eigenvalue weighted by Gasteiger charge is -2.11. The molecule has 6 heteroatoms. The standard InChI is InChI=1S/C14H12ClFN2O2/c1-7-4-11(17)10(15)6-12(7)18-14(20)9-3-2-8(16)5-13(9)19/h2-6,19H,17H2,1H3,(H,18,20). The Morgan fingerprint density at radius 3 is 2.70 bits per heavy atom. The van der Waals surface area contributed by atoms with Crippen LogP contribution < -0.4 is 11.1 Å². The van der Waals surface area contributed by atoms with Crippen LogP contribution in [0.5, 0.6) is 5.75 Å². The second-order valence-corrected chi connectivity index (χ2v) is 4.71. The molecule has 0 aliphatic rings. The maximum Gasteiger partial charge on any atom is 0.259 e. The minimum absolute atomic E-state index is 0.0289. The molecule has 0 atom stereocenters. The van der Waals surface area contributed by atoms with Crippen molar-refractivity contribution < 1.29 is 14.3 Å². The van der Waals surface area contributed by atoms with Gasteiger partial charge in [-0.3, -0.25) is 4.79 Å². The van der Waals surface area contributed by atoms with E-state index < -0.39 is 17.5 Å². The van der Waals surface area contributed by atoms with Crippen LogP contribution in [0.4, 0.5) is 15.8 Å². The number of anilines is 2. The summed E-state index contributed by atoms with van der Waals surface area (Å²) in [6.07, 6.45) is 0. The molecule has 2 aromatic rings. The number of aryl methyl sites for hydroxylation is 1. The first-order chi connectivity index (χ1) is 9.38. The molecule has 0 saturated heterocycles. The Labute approximate surface area is 120 Å². The molecular weight excluding hydrogens is 283 g/mol. The molecule has 0 radical (unpaired) electrons. The average Bonchev–Trinajstić information content (AvgIpc) is 2.35. The Bertz CT molecular complexity index is 689. The number of aromatic hydroxyl groups is 1. The first kappa shape index (κ1) is 14.1. The number of nitrogens with two attached hydrogens (primary N) is 1. The van der Waals surface area contributed by atoms with Gasteiger partial charge in [0.05, 0.1) is 16.3 Å². The smallest absolute Gasteiger partial charge is 0.259 e. The summed E-state index contributed by atoms with van der Waals surface area (Å²) in [5.74, 6) is -1.61. The molecule has 4 nitrogen and oxygen atoms in total. The quantitative estimate of drug-likeness (QED) is 0.744. The monoisotopic (exact) mass is 294 g/mol. The zero-order valence-electron chi connectivity index (χ0n) is 10.6. The van der Waals surface area contributed by atoms with Crippen molar-refractivity contribution in [3.8, 4) is 5.75 Å². The van der Waals surface area contributed by atoms with E-state index in [2.05, 4.69) is 5.32 Å². The molecule has 2 aromatic carbocycles. The molecule has 0 unspecified atom stereocenters. The van der Waals surface area contributed by atoms with Crippen LogP contribution in [0, 0.1) is 12.7 Å². The van der Waals surface area contributed by atoms with Gasteiger partial charge in [0.2, 0.25) is 0 Å². The highest BCUT2D eigenvalue weighted by Gasteiger charge is 2.14. The van der Waals surface area contributed by atoms with E-state index in [1.54, 1.807) is 13.0 Å². The molecule has 0 heterocycles. The molecular formula is C14H12ClFN2O2. The number of nitrogens with one attached hydrogen (secondary N) is 1. The van der Waals surface area contributed by atoms with E-state index >= 15 is 0 Å². The van der Waals surface area contributed by atoms with E-state index in [-0.39, 0.29) is 5.56 Å². The number of rotatable bonds is 2. The minimum Gasteiger partial charge on any atom is -0.507 e. The van der Waals surface area contributed by atoms with Crippen molar-refractivity contribution in [1.82, 2.24) is 0 Å². The van der Waals surface area contributed by atoms with Gasteiger partial charge in [-0.2, -0.15) is 0 Å². The summed E-state index contributed by atoms with van der Waals surface area (Å²) in [7, 11) is 0. The van der Waals surface area contributed by atoms with Gasteiger partial charge in [0.1, 0.15) is 11.6 Å². The summed E-state index contributed by atoms with van der Waals surface area (Å²) in [5.41, 5.74) is 7.22. The summed E-state index contributed by atoms with van der Waals surface area (Å²) in [4.78, 5) is 12.0. The zero-order valence-corrected chi connectivity index (χ0v) is 11.3. The van der Waals surface area contributed by atoms with Gasteiger partial charge in [0.15, 0.2) is 0 Å². The third kappa shape index (κ3) is 2.83. The normalized spacial score (nSPS) is 10.3. The van der Waals surface area contributed by atoms with Crippen molar-refractivity contribution in [2.45, 2.75) is 6.92 Å². The number of halogens is 2. The number of carbonyl (C=O) groups is 1. The van der Waals surface area contributed by atoms with Crippen LogP contribution in [0.2, 0.25) is 5.02 Å². The summed E-state index contributed by atoms with van der Waals surface area (Å²) < 4.78 is 12.9. The van der Waals surface area contributed by atoms with Gasteiger partial charge in [-0.1, -0.05) is 11.6 Å². The number of hydrogen-bond donors (Lipinski definition) is 3. The maximum atomic E-state index is 12.9. The van der Waals surface area contributed by atoms with E-state index in [1.807, 2.05) is 0 Å². The number of benzene rings is 2. The van der Waals surface area contributed by atoms with E-state index in [0.717, 1.165) is 17.7 Å². The fourth-order valence-electron chi connectivity index (χ4n) is 1.72. The van der Waals surface area contributed by atoms with Gasteiger partial charge in [-0.15, -0.1) is 0 Å². The summed E-state index contributed by atoms with van der Waals surface area (Å²) >= 11 is 5.89. The zero-order chi connectivity index (χ0) is 14.9. The van der Waals surface area contributed by atoms with Crippen molar-refractivity contribution in [2.75, 3.05) is 11.1 Å². The second-order valence-electron chi connectivity index (χ2n) is 4.30. The number of amides is 1. The fraction of sp³-hybridized carbons (Fsp3) is 0.0714. The van der Waals surface area contributed by atoms with Gasteiger partial charge >= 0.3 is 0 Å². The molecule has 4 N–H and O–H groups in total. The van der Waals surface area contributed by atoms with Crippen molar-refractivity contribution >= 4 is 28.9 Å². The topological polar surface area (TPSA) is 75.3 Å². The molecule has 20 heavy (non-hydrogen) atoms. The van der Waals surface area contributed by atoms with Crippen molar-refractivity contribution in [3.05, 3.63) is 52.3 Å². The predicted molar refractivity (Wildman–Crippen MR) is 76.6 cm³/mol. The van der Waals surface area contributed by atoms with Crippen LogP contribution in [0.1, 0.15) is 15.9 Å². The number of nitrogen functional groups attached to an aromatic ring is 1. The number of carbonyl (C=O) groups excluding carboxylic acids is 1. The minimum atomic E-state index is -0.620. The number of phenols is 1. The van der Waals surface area contributed by atoms with Crippen LogP contribution in [-0.2, 0) is 0 Å². The molecule has 0 aromatic heterocycles. The van der Waals surface area contributed by atoms with Crippen molar-refractivity contribution in [2.24, 2.45) is 0 Å². The largest absolute Gasteiger partial charge is 0.507 e. The SMILES string of the molecule is Cc1cc(N)c(Cl)cc1NC(=O)c1ccc(F)cc1O. The lowest BCUT2D eigenvalue weighted by molar-refractivity contribution is 0.102. The molecule has 0 aliphatic heterocycles. The summed E-state index contributed by atoms with van der Waals surface area (Å²) in [6, 6.07) is 6.32. The second kappa shape index (κ2) is 5.38. The third-order valence-electron chi connectivity index (χ3n) is 2.80. The molecule has 0 bridgehead atoms. The molecule has 2 rings (SSSR count). The number of hydrogen-bond acceptors (Lipinski definition) is 3. The van der Waals surface area contributed by atoms with E-state index in [4.69, 9.17) is 17.3 Å². The van der Waals surface area contributed by atoms with Crippen molar-refractivity contribution in [1.29, 1.82) is 0 Å². The Kier molecular flexibility index (Phi) is 3.81. The van der Waals surface area contributed by atoms with Crippen LogP contribution >= 0.6 is 11.6 Å². The van der Waals surface area contributed by atoms with E-state index in [0.29, 0.717) is 16.4 Å². The molecule has 0 aliphatic carbocycles. The Balaban J connectivity index is 2.30. The van der Waals surface area contributed by atoms with Gasteiger partial charge in [0, 0.05) is 11.8 Å². The first-order valence-electron chi connectivity index (χ1n) is 5.74. The van der Waals surface area contributed by atoms with Gasteiger partial charge in [-0.05, 0) is 36.8 Å². The lowest BCUT2D eigenvalue weighted by atomic mass is 10.1.